The molecule has 1 aromatic rings. The van der Waals surface area contributed by atoms with Crippen LogP contribution < -0.4 is 15.8 Å². The molecule has 0 radical (unpaired) electrons. The summed E-state index contributed by atoms with van der Waals surface area (Å²) in [6.45, 7) is 5.69. The van der Waals surface area contributed by atoms with Gasteiger partial charge in [-0.2, -0.15) is 0 Å². The van der Waals surface area contributed by atoms with E-state index in [4.69, 9.17) is 10.5 Å². The molecule has 0 spiro atoms. The zero-order valence-corrected chi connectivity index (χ0v) is 10.9. The van der Waals surface area contributed by atoms with E-state index in [2.05, 4.69) is 5.32 Å². The van der Waals surface area contributed by atoms with Crippen molar-refractivity contribution in [2.24, 2.45) is 11.7 Å². The summed E-state index contributed by atoms with van der Waals surface area (Å²) in [5, 5.41) is 2.69. The SMILES string of the molecule is CCOc1cc(F)ccc1NC(=O)C(C)C(C)N. The van der Waals surface area contributed by atoms with Crippen LogP contribution in [0.25, 0.3) is 0 Å². The van der Waals surface area contributed by atoms with E-state index >= 15 is 0 Å². The fourth-order valence-electron chi connectivity index (χ4n) is 1.36. The van der Waals surface area contributed by atoms with Crippen LogP contribution in [0.3, 0.4) is 0 Å². The molecule has 0 bridgehead atoms. The highest BCUT2D eigenvalue weighted by molar-refractivity contribution is 5.94. The Kier molecular flexibility index (Phi) is 5.09. The highest BCUT2D eigenvalue weighted by Gasteiger charge is 2.18. The molecule has 0 fully saturated rings. The second kappa shape index (κ2) is 6.35. The maximum atomic E-state index is 13.1. The number of benzene rings is 1. The van der Waals surface area contributed by atoms with Crippen LogP contribution in [0.15, 0.2) is 18.2 Å². The molecule has 0 heterocycles. The Hall–Kier alpha value is -1.62. The first-order valence-corrected chi connectivity index (χ1v) is 5.94. The molecule has 0 saturated heterocycles. The lowest BCUT2D eigenvalue weighted by Gasteiger charge is -2.17. The van der Waals surface area contributed by atoms with Crippen LogP contribution in [-0.4, -0.2) is 18.6 Å². The van der Waals surface area contributed by atoms with Crippen LogP contribution in [-0.2, 0) is 4.79 Å². The fraction of sp³-hybridized carbons (Fsp3) is 0.462. The van der Waals surface area contributed by atoms with Crippen LogP contribution in [0.4, 0.5) is 10.1 Å². The minimum absolute atomic E-state index is 0.211. The summed E-state index contributed by atoms with van der Waals surface area (Å²) in [6.07, 6.45) is 0. The fourth-order valence-corrected chi connectivity index (χ4v) is 1.36. The van der Waals surface area contributed by atoms with Gasteiger partial charge >= 0.3 is 0 Å². The molecule has 2 unspecified atom stereocenters. The molecular weight excluding hydrogens is 235 g/mol. The van der Waals surface area contributed by atoms with Crippen molar-refractivity contribution in [1.29, 1.82) is 0 Å². The van der Waals surface area contributed by atoms with Crippen molar-refractivity contribution in [2.75, 3.05) is 11.9 Å². The Morgan fingerprint density at radius 2 is 2.17 bits per heavy atom. The summed E-state index contributed by atoms with van der Waals surface area (Å²) >= 11 is 0. The Bertz CT molecular complexity index is 421. The first-order valence-electron chi connectivity index (χ1n) is 5.94. The van der Waals surface area contributed by atoms with E-state index in [0.717, 1.165) is 0 Å². The van der Waals surface area contributed by atoms with Gasteiger partial charge in [-0.05, 0) is 26.0 Å². The van der Waals surface area contributed by atoms with Gasteiger partial charge in [0.15, 0.2) is 0 Å². The average molecular weight is 254 g/mol. The molecule has 0 saturated carbocycles. The van der Waals surface area contributed by atoms with Gasteiger partial charge in [-0.3, -0.25) is 4.79 Å². The third-order valence-corrected chi connectivity index (χ3v) is 2.70. The second-order valence-corrected chi connectivity index (χ2v) is 4.21. The number of nitrogens with one attached hydrogen (secondary N) is 1. The summed E-state index contributed by atoms with van der Waals surface area (Å²) < 4.78 is 18.4. The average Bonchev–Trinajstić information content (AvgIpc) is 2.31. The molecule has 0 aliphatic heterocycles. The number of hydrogen-bond donors (Lipinski definition) is 2. The van der Waals surface area contributed by atoms with Crippen LogP contribution >= 0.6 is 0 Å². The summed E-state index contributed by atoms with van der Waals surface area (Å²) in [4.78, 5) is 11.9. The van der Waals surface area contributed by atoms with Crippen molar-refractivity contribution in [1.82, 2.24) is 0 Å². The first kappa shape index (κ1) is 14.4. The van der Waals surface area contributed by atoms with Crippen LogP contribution in [0.1, 0.15) is 20.8 Å². The van der Waals surface area contributed by atoms with Gasteiger partial charge in [0, 0.05) is 12.1 Å². The van der Waals surface area contributed by atoms with Gasteiger partial charge in [0.05, 0.1) is 18.2 Å². The van der Waals surface area contributed by atoms with E-state index in [9.17, 15) is 9.18 Å². The van der Waals surface area contributed by atoms with E-state index in [-0.39, 0.29) is 17.9 Å². The maximum Gasteiger partial charge on any atom is 0.228 e. The van der Waals surface area contributed by atoms with Gasteiger partial charge < -0.3 is 15.8 Å². The molecule has 5 heteroatoms. The van der Waals surface area contributed by atoms with Gasteiger partial charge in [0.1, 0.15) is 11.6 Å². The zero-order valence-electron chi connectivity index (χ0n) is 10.9. The van der Waals surface area contributed by atoms with Crippen molar-refractivity contribution in [3.05, 3.63) is 24.0 Å². The van der Waals surface area contributed by atoms with Gasteiger partial charge in [-0.1, -0.05) is 6.92 Å². The van der Waals surface area contributed by atoms with Gasteiger partial charge in [-0.15, -0.1) is 0 Å². The molecule has 0 aliphatic rings. The minimum atomic E-state index is -0.406. The van der Waals surface area contributed by atoms with E-state index in [1.54, 1.807) is 20.8 Å². The number of hydrogen-bond acceptors (Lipinski definition) is 3. The molecule has 2 atom stereocenters. The Balaban J connectivity index is 2.86. The zero-order chi connectivity index (χ0) is 13.7. The summed E-state index contributed by atoms with van der Waals surface area (Å²) in [5.41, 5.74) is 6.11. The number of carbonyl (C=O) groups excluding carboxylic acids is 1. The van der Waals surface area contributed by atoms with Crippen molar-refractivity contribution < 1.29 is 13.9 Å². The number of halogens is 1. The Morgan fingerprint density at radius 3 is 2.72 bits per heavy atom. The standard InChI is InChI=1S/C13H19FN2O2/c1-4-18-12-7-10(14)5-6-11(12)16-13(17)8(2)9(3)15/h5-9H,4,15H2,1-3H3,(H,16,17). The van der Waals surface area contributed by atoms with Crippen LogP contribution in [0.2, 0.25) is 0 Å². The van der Waals surface area contributed by atoms with E-state index < -0.39 is 5.82 Å². The first-order chi connectivity index (χ1) is 8.45. The Morgan fingerprint density at radius 1 is 1.50 bits per heavy atom. The quantitative estimate of drug-likeness (QED) is 0.846. The number of rotatable bonds is 5. The van der Waals surface area contributed by atoms with Gasteiger partial charge in [-0.25, -0.2) is 4.39 Å². The largest absolute Gasteiger partial charge is 0.492 e. The third kappa shape index (κ3) is 3.70. The molecule has 0 aromatic heterocycles. The van der Waals surface area contributed by atoms with E-state index in [1.807, 2.05) is 0 Å². The molecule has 1 aromatic carbocycles. The number of carbonyl (C=O) groups is 1. The van der Waals surface area contributed by atoms with Gasteiger partial charge in [0.25, 0.3) is 0 Å². The predicted octanol–water partition coefficient (Wildman–Crippen LogP) is 2.15. The van der Waals surface area contributed by atoms with E-state index in [0.29, 0.717) is 18.0 Å². The molecule has 0 aliphatic carbocycles. The maximum absolute atomic E-state index is 13.1. The molecule has 100 valence electrons. The van der Waals surface area contributed by atoms with Crippen molar-refractivity contribution in [3.8, 4) is 5.75 Å². The molecule has 1 rings (SSSR count). The monoisotopic (exact) mass is 254 g/mol. The summed E-state index contributed by atoms with van der Waals surface area (Å²) in [7, 11) is 0. The van der Waals surface area contributed by atoms with Crippen molar-refractivity contribution >= 4 is 11.6 Å². The third-order valence-electron chi connectivity index (χ3n) is 2.70. The lowest BCUT2D eigenvalue weighted by molar-refractivity contribution is -0.119. The smallest absolute Gasteiger partial charge is 0.228 e. The minimum Gasteiger partial charge on any atom is -0.492 e. The molecule has 3 N–H and O–H groups in total. The van der Waals surface area contributed by atoms with Gasteiger partial charge in [0.2, 0.25) is 5.91 Å². The second-order valence-electron chi connectivity index (χ2n) is 4.21. The molecule has 4 nitrogen and oxygen atoms in total. The number of anilines is 1. The normalized spacial score (nSPS) is 13.8. The molecular formula is C13H19FN2O2. The number of amides is 1. The highest BCUT2D eigenvalue weighted by Crippen LogP contribution is 2.26. The Labute approximate surface area is 106 Å². The van der Waals surface area contributed by atoms with E-state index in [1.165, 1.54) is 18.2 Å². The highest BCUT2D eigenvalue weighted by atomic mass is 19.1. The summed E-state index contributed by atoms with van der Waals surface area (Å²) in [6, 6.07) is 3.75. The lowest BCUT2D eigenvalue weighted by atomic mass is 10.0. The topological polar surface area (TPSA) is 64.3 Å². The summed E-state index contributed by atoms with van der Waals surface area (Å²) in [5.74, 6) is -0.624. The van der Waals surface area contributed by atoms with Crippen LogP contribution in [0, 0.1) is 11.7 Å². The lowest BCUT2D eigenvalue weighted by Crippen LogP contribution is -2.34. The number of ether oxygens (including phenoxy) is 1. The molecule has 18 heavy (non-hydrogen) atoms. The van der Waals surface area contributed by atoms with Crippen LogP contribution in [0.5, 0.6) is 5.75 Å². The number of nitrogens with two attached hydrogens (primary N) is 1. The molecule has 1 amide bonds. The van der Waals surface area contributed by atoms with Crippen molar-refractivity contribution in [3.63, 3.8) is 0 Å². The predicted molar refractivity (Wildman–Crippen MR) is 69.0 cm³/mol. The van der Waals surface area contributed by atoms with Crippen molar-refractivity contribution in [2.45, 2.75) is 26.8 Å².